The fraction of sp³-hybridized carbons (Fsp3) is 0.417. The van der Waals surface area contributed by atoms with Crippen molar-refractivity contribution in [1.82, 2.24) is 10.6 Å². The lowest BCUT2D eigenvalue weighted by molar-refractivity contribution is 0.0287. The van der Waals surface area contributed by atoms with Crippen LogP contribution in [-0.4, -0.2) is 38.3 Å². The van der Waals surface area contributed by atoms with E-state index in [2.05, 4.69) is 33.2 Å². The standard InChI is InChI=1S/C12H14ClIN2O2/c13-10-5-8(1-2-11(10)14)12(17)16-7-9-6-15-3-4-18-9/h1-2,5,9,15H,3-4,6-7H2,(H,16,17). The third kappa shape index (κ3) is 3.81. The summed E-state index contributed by atoms with van der Waals surface area (Å²) in [5, 5.41) is 6.66. The Hall–Kier alpha value is -0.370. The lowest BCUT2D eigenvalue weighted by Crippen LogP contribution is -2.45. The van der Waals surface area contributed by atoms with E-state index in [1.807, 2.05) is 6.07 Å². The maximum atomic E-state index is 11.9. The van der Waals surface area contributed by atoms with Crippen LogP contribution in [-0.2, 0) is 4.74 Å². The van der Waals surface area contributed by atoms with Crippen LogP contribution in [0, 0.1) is 3.57 Å². The molecule has 98 valence electrons. The Labute approximate surface area is 125 Å². The predicted molar refractivity (Wildman–Crippen MR) is 79.1 cm³/mol. The van der Waals surface area contributed by atoms with Gasteiger partial charge in [-0.3, -0.25) is 4.79 Å². The fourth-order valence-electron chi connectivity index (χ4n) is 1.70. The second kappa shape index (κ2) is 6.70. The van der Waals surface area contributed by atoms with E-state index in [-0.39, 0.29) is 12.0 Å². The molecule has 4 nitrogen and oxygen atoms in total. The van der Waals surface area contributed by atoms with Gasteiger partial charge in [-0.25, -0.2) is 0 Å². The zero-order chi connectivity index (χ0) is 13.0. The molecule has 1 aromatic carbocycles. The van der Waals surface area contributed by atoms with Gasteiger partial charge < -0.3 is 15.4 Å². The first kappa shape index (κ1) is 14.0. The van der Waals surface area contributed by atoms with Crippen molar-refractivity contribution >= 4 is 40.1 Å². The Morgan fingerprint density at radius 2 is 2.44 bits per heavy atom. The summed E-state index contributed by atoms with van der Waals surface area (Å²) in [6.45, 7) is 2.84. The number of hydrogen-bond donors (Lipinski definition) is 2. The van der Waals surface area contributed by atoms with Crippen molar-refractivity contribution in [3.05, 3.63) is 32.4 Å². The van der Waals surface area contributed by atoms with Gasteiger partial charge in [-0.15, -0.1) is 0 Å². The highest BCUT2D eigenvalue weighted by molar-refractivity contribution is 14.1. The number of carbonyl (C=O) groups excluding carboxylic acids is 1. The van der Waals surface area contributed by atoms with Crippen molar-refractivity contribution < 1.29 is 9.53 Å². The molecule has 0 spiro atoms. The minimum absolute atomic E-state index is 0.0435. The monoisotopic (exact) mass is 380 g/mol. The van der Waals surface area contributed by atoms with Gasteiger partial charge in [-0.2, -0.15) is 0 Å². The molecule has 1 atom stereocenters. The van der Waals surface area contributed by atoms with E-state index >= 15 is 0 Å². The molecule has 18 heavy (non-hydrogen) atoms. The second-order valence-corrected chi connectivity index (χ2v) is 5.61. The van der Waals surface area contributed by atoms with Gasteiger partial charge >= 0.3 is 0 Å². The number of halogens is 2. The Morgan fingerprint density at radius 3 is 3.11 bits per heavy atom. The third-order valence-electron chi connectivity index (χ3n) is 2.68. The number of carbonyl (C=O) groups is 1. The van der Waals surface area contributed by atoms with E-state index in [1.54, 1.807) is 12.1 Å². The van der Waals surface area contributed by atoms with Crippen LogP contribution in [0.5, 0.6) is 0 Å². The summed E-state index contributed by atoms with van der Waals surface area (Å²) < 4.78 is 6.44. The van der Waals surface area contributed by atoms with Gasteiger partial charge in [-0.1, -0.05) is 11.6 Å². The van der Waals surface area contributed by atoms with Gasteiger partial charge in [0.05, 0.1) is 17.7 Å². The quantitative estimate of drug-likeness (QED) is 0.784. The molecule has 1 aliphatic heterocycles. The van der Waals surface area contributed by atoms with Gasteiger partial charge in [0.2, 0.25) is 0 Å². The summed E-state index contributed by atoms with van der Waals surface area (Å²) in [6, 6.07) is 5.28. The normalized spacial score (nSPS) is 19.6. The Kier molecular flexibility index (Phi) is 5.23. The largest absolute Gasteiger partial charge is 0.374 e. The number of benzene rings is 1. The lowest BCUT2D eigenvalue weighted by atomic mass is 10.2. The molecule has 6 heteroatoms. The van der Waals surface area contributed by atoms with E-state index < -0.39 is 0 Å². The molecule has 1 heterocycles. The van der Waals surface area contributed by atoms with Crippen LogP contribution >= 0.6 is 34.2 Å². The molecule has 0 saturated carbocycles. The number of rotatable bonds is 3. The molecule has 1 aromatic rings. The SMILES string of the molecule is O=C(NCC1CNCCO1)c1ccc(I)c(Cl)c1. The van der Waals surface area contributed by atoms with Gasteiger partial charge in [0, 0.05) is 28.8 Å². The maximum Gasteiger partial charge on any atom is 0.251 e. The molecule has 1 aliphatic rings. The zero-order valence-electron chi connectivity index (χ0n) is 9.71. The van der Waals surface area contributed by atoms with Gasteiger partial charge in [-0.05, 0) is 40.8 Å². The Morgan fingerprint density at radius 1 is 1.61 bits per heavy atom. The fourth-order valence-corrected chi connectivity index (χ4v) is 2.21. The van der Waals surface area contributed by atoms with Crippen LogP contribution in [0.1, 0.15) is 10.4 Å². The summed E-state index contributed by atoms with van der Waals surface area (Å²) in [7, 11) is 0. The van der Waals surface area contributed by atoms with Crippen LogP contribution in [0.15, 0.2) is 18.2 Å². The third-order valence-corrected chi connectivity index (χ3v) is 4.25. The van der Waals surface area contributed by atoms with E-state index in [9.17, 15) is 4.79 Å². The van der Waals surface area contributed by atoms with Gasteiger partial charge in [0.25, 0.3) is 5.91 Å². The van der Waals surface area contributed by atoms with Gasteiger partial charge in [0.1, 0.15) is 0 Å². The number of morpholine rings is 1. The van der Waals surface area contributed by atoms with Crippen molar-refractivity contribution in [3.8, 4) is 0 Å². The molecule has 1 saturated heterocycles. The van der Waals surface area contributed by atoms with Crippen molar-refractivity contribution in [3.63, 3.8) is 0 Å². The van der Waals surface area contributed by atoms with E-state index in [4.69, 9.17) is 16.3 Å². The molecular weight excluding hydrogens is 367 g/mol. The molecule has 0 bridgehead atoms. The molecule has 0 radical (unpaired) electrons. The molecule has 1 unspecified atom stereocenters. The molecule has 2 rings (SSSR count). The molecule has 1 amide bonds. The van der Waals surface area contributed by atoms with Crippen molar-refractivity contribution in [2.24, 2.45) is 0 Å². The zero-order valence-corrected chi connectivity index (χ0v) is 12.6. The van der Waals surface area contributed by atoms with Crippen molar-refractivity contribution in [1.29, 1.82) is 0 Å². The minimum Gasteiger partial charge on any atom is -0.374 e. The van der Waals surface area contributed by atoms with Crippen LogP contribution < -0.4 is 10.6 Å². The smallest absolute Gasteiger partial charge is 0.251 e. The van der Waals surface area contributed by atoms with Gasteiger partial charge in [0.15, 0.2) is 0 Å². The topological polar surface area (TPSA) is 50.4 Å². The van der Waals surface area contributed by atoms with E-state index in [0.717, 1.165) is 16.7 Å². The van der Waals surface area contributed by atoms with Crippen molar-refractivity contribution in [2.75, 3.05) is 26.2 Å². The van der Waals surface area contributed by atoms with Crippen LogP contribution in [0.4, 0.5) is 0 Å². The summed E-state index contributed by atoms with van der Waals surface area (Å²) in [4.78, 5) is 11.9. The molecule has 0 aliphatic carbocycles. The first-order chi connectivity index (χ1) is 8.66. The molecular formula is C12H14ClIN2O2. The average Bonchev–Trinajstić information content (AvgIpc) is 2.40. The Balaban J connectivity index is 1.88. The predicted octanol–water partition coefficient (Wildman–Crippen LogP) is 1.66. The highest BCUT2D eigenvalue weighted by Crippen LogP contribution is 2.19. The molecule has 0 aromatic heterocycles. The van der Waals surface area contributed by atoms with E-state index in [1.165, 1.54) is 0 Å². The Bertz CT molecular complexity index is 436. The number of amides is 1. The molecule has 1 fully saturated rings. The second-order valence-electron chi connectivity index (χ2n) is 4.04. The van der Waals surface area contributed by atoms with Crippen molar-refractivity contribution in [2.45, 2.75) is 6.10 Å². The highest BCUT2D eigenvalue weighted by Gasteiger charge is 2.15. The summed E-state index contributed by atoms with van der Waals surface area (Å²) in [5.41, 5.74) is 0.573. The van der Waals surface area contributed by atoms with Crippen LogP contribution in [0.3, 0.4) is 0 Å². The summed E-state index contributed by atoms with van der Waals surface area (Å²) in [5.74, 6) is -0.123. The lowest BCUT2D eigenvalue weighted by Gasteiger charge is -2.23. The minimum atomic E-state index is -0.123. The maximum absolute atomic E-state index is 11.9. The summed E-state index contributed by atoms with van der Waals surface area (Å²) in [6.07, 6.45) is 0.0435. The average molecular weight is 381 g/mol. The first-order valence-electron chi connectivity index (χ1n) is 5.72. The van der Waals surface area contributed by atoms with Crippen LogP contribution in [0.25, 0.3) is 0 Å². The first-order valence-corrected chi connectivity index (χ1v) is 7.18. The summed E-state index contributed by atoms with van der Waals surface area (Å²) >= 11 is 8.11. The number of nitrogens with one attached hydrogen (secondary N) is 2. The van der Waals surface area contributed by atoms with Crippen LogP contribution in [0.2, 0.25) is 5.02 Å². The van der Waals surface area contributed by atoms with E-state index in [0.29, 0.717) is 23.7 Å². The molecule has 2 N–H and O–H groups in total. The highest BCUT2D eigenvalue weighted by atomic mass is 127. The number of ether oxygens (including phenoxy) is 1. The number of hydrogen-bond acceptors (Lipinski definition) is 3.